The summed E-state index contributed by atoms with van der Waals surface area (Å²) in [6.07, 6.45) is 1.54. The Bertz CT molecular complexity index is 309. The second-order valence-corrected chi connectivity index (χ2v) is 3.54. The van der Waals surface area contributed by atoms with E-state index in [1.165, 1.54) is 0 Å². The largest absolute Gasteiger partial charge is 0.391 e. The molecule has 15 heavy (non-hydrogen) atoms. The molecule has 0 saturated carbocycles. The van der Waals surface area contributed by atoms with E-state index < -0.39 is 0 Å². The van der Waals surface area contributed by atoms with Crippen molar-refractivity contribution in [3.05, 3.63) is 47.0 Å². The van der Waals surface area contributed by atoms with Gasteiger partial charge in [-0.2, -0.15) is 0 Å². The van der Waals surface area contributed by atoms with Crippen molar-refractivity contribution >= 4 is 11.6 Å². The Balaban J connectivity index is 2.83. The molecule has 0 aliphatic heterocycles. The number of halogens is 1. The normalized spacial score (nSPS) is 13.9. The lowest BCUT2D eigenvalue weighted by Crippen LogP contribution is -2.02. The van der Waals surface area contributed by atoms with Crippen LogP contribution in [0.1, 0.15) is 18.6 Å². The standard InChI is InChI=1S/C12H15ClO2/c1-2-15-12(8-11(13)9-14)10-6-4-3-5-7-10/h3-8,12,14H,2,9H2,1H3/b11-8-. The molecule has 1 N–H and O–H groups in total. The minimum Gasteiger partial charge on any atom is -0.391 e. The quantitative estimate of drug-likeness (QED) is 0.837. The van der Waals surface area contributed by atoms with Gasteiger partial charge in [-0.15, -0.1) is 0 Å². The lowest BCUT2D eigenvalue weighted by molar-refractivity contribution is 0.0960. The fraction of sp³-hybridized carbons (Fsp3) is 0.333. The van der Waals surface area contributed by atoms with Gasteiger partial charge < -0.3 is 9.84 Å². The van der Waals surface area contributed by atoms with Crippen LogP contribution in [-0.2, 0) is 4.74 Å². The van der Waals surface area contributed by atoms with Crippen molar-refractivity contribution in [2.45, 2.75) is 13.0 Å². The topological polar surface area (TPSA) is 29.5 Å². The fourth-order valence-corrected chi connectivity index (χ4v) is 1.39. The Morgan fingerprint density at radius 3 is 2.67 bits per heavy atom. The van der Waals surface area contributed by atoms with Crippen molar-refractivity contribution < 1.29 is 9.84 Å². The molecule has 0 amide bonds. The summed E-state index contributed by atoms with van der Waals surface area (Å²) in [4.78, 5) is 0. The van der Waals surface area contributed by atoms with Crippen LogP contribution in [0.5, 0.6) is 0 Å². The van der Waals surface area contributed by atoms with Gasteiger partial charge in [-0.1, -0.05) is 41.9 Å². The van der Waals surface area contributed by atoms with Crippen LogP contribution in [0.15, 0.2) is 41.4 Å². The van der Waals surface area contributed by atoms with Crippen molar-refractivity contribution in [1.82, 2.24) is 0 Å². The third-order valence-corrected chi connectivity index (χ3v) is 2.20. The van der Waals surface area contributed by atoms with Crippen LogP contribution in [0.25, 0.3) is 0 Å². The van der Waals surface area contributed by atoms with E-state index in [-0.39, 0.29) is 12.7 Å². The molecule has 0 fully saturated rings. The lowest BCUT2D eigenvalue weighted by Gasteiger charge is -2.13. The minimum absolute atomic E-state index is 0.155. The van der Waals surface area contributed by atoms with E-state index in [9.17, 15) is 0 Å². The monoisotopic (exact) mass is 226 g/mol. The van der Waals surface area contributed by atoms with E-state index in [0.717, 1.165) is 5.56 Å². The number of rotatable bonds is 5. The second kappa shape index (κ2) is 6.62. The van der Waals surface area contributed by atoms with E-state index in [1.807, 2.05) is 37.3 Å². The maximum absolute atomic E-state index is 8.84. The van der Waals surface area contributed by atoms with Crippen molar-refractivity contribution in [3.8, 4) is 0 Å². The van der Waals surface area contributed by atoms with Gasteiger partial charge in [0.25, 0.3) is 0 Å². The summed E-state index contributed by atoms with van der Waals surface area (Å²) < 4.78 is 5.53. The number of hydrogen-bond donors (Lipinski definition) is 1. The van der Waals surface area contributed by atoms with Crippen LogP contribution in [0.4, 0.5) is 0 Å². The zero-order valence-electron chi connectivity index (χ0n) is 8.69. The first-order valence-electron chi connectivity index (χ1n) is 4.91. The molecular weight excluding hydrogens is 212 g/mol. The van der Waals surface area contributed by atoms with Crippen molar-refractivity contribution in [3.63, 3.8) is 0 Å². The van der Waals surface area contributed by atoms with Crippen LogP contribution >= 0.6 is 11.6 Å². The van der Waals surface area contributed by atoms with Crippen LogP contribution in [0, 0.1) is 0 Å². The molecule has 0 aliphatic rings. The molecule has 1 unspecified atom stereocenters. The molecule has 0 saturated heterocycles. The first kappa shape index (κ1) is 12.2. The summed E-state index contributed by atoms with van der Waals surface area (Å²) in [7, 11) is 0. The van der Waals surface area contributed by atoms with Gasteiger partial charge in [0.05, 0.1) is 6.61 Å². The van der Waals surface area contributed by atoms with Crippen molar-refractivity contribution in [1.29, 1.82) is 0 Å². The minimum atomic E-state index is -0.184. The Morgan fingerprint density at radius 2 is 2.13 bits per heavy atom. The van der Waals surface area contributed by atoms with E-state index in [4.69, 9.17) is 21.4 Å². The van der Waals surface area contributed by atoms with Gasteiger partial charge in [0.15, 0.2) is 0 Å². The fourth-order valence-electron chi connectivity index (χ4n) is 1.28. The smallest absolute Gasteiger partial charge is 0.102 e. The molecule has 0 aliphatic carbocycles. The number of aliphatic hydroxyl groups excluding tert-OH is 1. The van der Waals surface area contributed by atoms with E-state index in [1.54, 1.807) is 6.08 Å². The molecule has 1 rings (SSSR count). The van der Waals surface area contributed by atoms with Gasteiger partial charge in [-0.25, -0.2) is 0 Å². The summed E-state index contributed by atoms with van der Waals surface area (Å²) >= 11 is 5.78. The van der Waals surface area contributed by atoms with E-state index in [0.29, 0.717) is 11.6 Å². The van der Waals surface area contributed by atoms with Gasteiger partial charge in [0.1, 0.15) is 6.10 Å². The van der Waals surface area contributed by atoms with Gasteiger partial charge in [-0.3, -0.25) is 0 Å². The van der Waals surface area contributed by atoms with E-state index >= 15 is 0 Å². The zero-order chi connectivity index (χ0) is 11.1. The summed E-state index contributed by atoms with van der Waals surface area (Å²) in [5.41, 5.74) is 1.03. The molecular formula is C12H15ClO2. The van der Waals surface area contributed by atoms with Gasteiger partial charge >= 0.3 is 0 Å². The van der Waals surface area contributed by atoms with Crippen LogP contribution in [0.2, 0.25) is 0 Å². The Kier molecular flexibility index (Phi) is 5.40. The highest BCUT2D eigenvalue weighted by Gasteiger charge is 2.08. The number of aliphatic hydroxyl groups is 1. The molecule has 0 radical (unpaired) electrons. The molecule has 0 spiro atoms. The molecule has 2 nitrogen and oxygen atoms in total. The zero-order valence-corrected chi connectivity index (χ0v) is 9.45. The Morgan fingerprint density at radius 1 is 1.47 bits per heavy atom. The summed E-state index contributed by atoms with van der Waals surface area (Å²) in [5, 5.41) is 9.24. The molecule has 0 aromatic heterocycles. The highest BCUT2D eigenvalue weighted by Crippen LogP contribution is 2.21. The van der Waals surface area contributed by atoms with Crippen LogP contribution in [0.3, 0.4) is 0 Å². The molecule has 0 bridgehead atoms. The molecule has 1 aromatic rings. The highest BCUT2D eigenvalue weighted by atomic mass is 35.5. The van der Waals surface area contributed by atoms with Crippen molar-refractivity contribution in [2.24, 2.45) is 0 Å². The van der Waals surface area contributed by atoms with Gasteiger partial charge in [0, 0.05) is 11.6 Å². The number of benzene rings is 1. The predicted octanol–water partition coefficient (Wildman–Crippen LogP) is 2.88. The third kappa shape index (κ3) is 4.04. The molecule has 3 heteroatoms. The lowest BCUT2D eigenvalue weighted by atomic mass is 10.1. The van der Waals surface area contributed by atoms with E-state index in [2.05, 4.69) is 0 Å². The van der Waals surface area contributed by atoms with Crippen LogP contribution < -0.4 is 0 Å². The first-order valence-corrected chi connectivity index (χ1v) is 5.29. The van der Waals surface area contributed by atoms with Gasteiger partial charge in [0.2, 0.25) is 0 Å². The molecule has 82 valence electrons. The average Bonchev–Trinajstić information content (AvgIpc) is 2.29. The Labute approximate surface area is 95.1 Å². The summed E-state index contributed by atoms with van der Waals surface area (Å²) in [6.45, 7) is 2.38. The highest BCUT2D eigenvalue weighted by molar-refractivity contribution is 6.29. The second-order valence-electron chi connectivity index (χ2n) is 3.06. The van der Waals surface area contributed by atoms with Gasteiger partial charge in [-0.05, 0) is 18.6 Å². The predicted molar refractivity (Wildman–Crippen MR) is 61.8 cm³/mol. The maximum atomic E-state index is 8.84. The molecule has 0 heterocycles. The summed E-state index contributed by atoms with van der Waals surface area (Å²) in [5.74, 6) is 0. The SMILES string of the molecule is CCOC(/C=C(\Cl)CO)c1ccccc1. The number of hydrogen-bond acceptors (Lipinski definition) is 2. The summed E-state index contributed by atoms with van der Waals surface area (Å²) in [6, 6.07) is 9.78. The average molecular weight is 227 g/mol. The Hall–Kier alpha value is -0.830. The van der Waals surface area contributed by atoms with Crippen molar-refractivity contribution in [2.75, 3.05) is 13.2 Å². The number of ether oxygens (including phenoxy) is 1. The molecule has 1 aromatic carbocycles. The first-order chi connectivity index (χ1) is 7.27. The maximum Gasteiger partial charge on any atom is 0.102 e. The molecule has 1 atom stereocenters. The van der Waals surface area contributed by atoms with Crippen LogP contribution in [-0.4, -0.2) is 18.3 Å². The third-order valence-electron chi connectivity index (χ3n) is 1.96.